The fourth-order valence-electron chi connectivity index (χ4n) is 4.74. The predicted molar refractivity (Wildman–Crippen MR) is 163 cm³/mol. The van der Waals surface area contributed by atoms with Gasteiger partial charge in [0.2, 0.25) is 5.41 Å². The van der Waals surface area contributed by atoms with Crippen molar-refractivity contribution >= 4 is 34.9 Å². The number of halogens is 6. The molecule has 0 aliphatic heterocycles. The molecule has 2 amide bonds. The number of phenols is 2. The summed E-state index contributed by atoms with van der Waals surface area (Å²) < 4.78 is 98.9. The molecule has 51 heavy (non-hydrogen) atoms. The van der Waals surface area contributed by atoms with E-state index in [0.717, 1.165) is 24.3 Å². The van der Waals surface area contributed by atoms with Crippen LogP contribution in [-0.4, -0.2) is 44.6 Å². The second kappa shape index (κ2) is 14.5. The molecule has 0 atom stereocenters. The summed E-state index contributed by atoms with van der Waals surface area (Å²) in [6.45, 7) is -1.06. The summed E-state index contributed by atoms with van der Waals surface area (Å²) >= 11 is 0. The fraction of sp³-hybridized carbons (Fsp3) is 0.161. The number of amides is 2. The van der Waals surface area contributed by atoms with Gasteiger partial charge in [0.1, 0.15) is 24.7 Å². The number of anilines is 2. The number of aromatic hydroxyl groups is 2. The average molecular weight is 725 g/mol. The van der Waals surface area contributed by atoms with E-state index in [1.165, 1.54) is 24.3 Å². The summed E-state index contributed by atoms with van der Waals surface area (Å²) in [7, 11) is 0. The lowest BCUT2D eigenvalue weighted by Crippen LogP contribution is -2.54. The molecule has 4 aromatic carbocycles. The molecule has 0 heterocycles. The number of non-ortho nitro benzene ring substituents is 2. The summed E-state index contributed by atoms with van der Waals surface area (Å²) in [5, 5.41) is 45.7. The van der Waals surface area contributed by atoms with Crippen LogP contribution in [-0.2, 0) is 28.1 Å². The first kappa shape index (κ1) is 37.2. The van der Waals surface area contributed by atoms with Crippen molar-refractivity contribution < 1.29 is 65.5 Å². The summed E-state index contributed by atoms with van der Waals surface area (Å²) in [5.41, 5.74) is -9.94. The number of rotatable bonds is 10. The maximum atomic E-state index is 14.9. The van der Waals surface area contributed by atoms with E-state index >= 15 is 0 Å². The van der Waals surface area contributed by atoms with Crippen molar-refractivity contribution in [1.29, 1.82) is 0 Å². The third-order valence-corrected chi connectivity index (χ3v) is 7.22. The zero-order valence-corrected chi connectivity index (χ0v) is 25.3. The van der Waals surface area contributed by atoms with E-state index in [9.17, 15) is 66.4 Å². The third kappa shape index (κ3) is 8.17. The molecule has 0 aliphatic rings. The van der Waals surface area contributed by atoms with Crippen molar-refractivity contribution in [3.8, 4) is 11.5 Å². The summed E-state index contributed by atoms with van der Waals surface area (Å²) in [6, 6.07) is 11.2. The van der Waals surface area contributed by atoms with Crippen molar-refractivity contribution in [2.75, 3.05) is 10.6 Å². The van der Waals surface area contributed by atoms with Crippen LogP contribution in [0.2, 0.25) is 0 Å². The van der Waals surface area contributed by atoms with Gasteiger partial charge in [0.25, 0.3) is 11.4 Å². The van der Waals surface area contributed by atoms with Gasteiger partial charge in [-0.25, -0.2) is 9.59 Å². The van der Waals surface area contributed by atoms with Gasteiger partial charge in [0, 0.05) is 24.3 Å². The minimum absolute atomic E-state index is 0.210. The summed E-state index contributed by atoms with van der Waals surface area (Å²) in [5.74, 6) is -1.90. The Bertz CT molecular complexity index is 1810. The van der Waals surface area contributed by atoms with Gasteiger partial charge < -0.3 is 19.7 Å². The number of carbonyl (C=O) groups excluding carboxylic acids is 2. The zero-order chi connectivity index (χ0) is 37.7. The smallest absolute Gasteiger partial charge is 0.412 e. The topological polar surface area (TPSA) is 203 Å². The van der Waals surface area contributed by atoms with Crippen molar-refractivity contribution in [2.45, 2.75) is 31.0 Å². The molecule has 4 aromatic rings. The Morgan fingerprint density at radius 3 is 1.24 bits per heavy atom. The first-order valence-corrected chi connectivity index (χ1v) is 14.0. The molecule has 0 spiro atoms. The normalized spacial score (nSPS) is 11.7. The molecule has 0 bridgehead atoms. The summed E-state index contributed by atoms with van der Waals surface area (Å²) in [6.07, 6.45) is -15.2. The molecular formula is C31H22F6N4O10. The van der Waals surface area contributed by atoms with Crippen LogP contribution in [0.25, 0.3) is 0 Å². The zero-order valence-electron chi connectivity index (χ0n) is 25.3. The standard InChI is InChI=1S/C31H22F6N4O10/c32-30(33,34)29(31(35,36)37,19-5-11-25(42)23(13-19)38-27(44)50-15-17-1-7-21(8-2-17)40(46)47)20-6-12-26(43)24(14-20)39-28(45)51-16-18-3-9-22(10-4-18)41(48)49/h1-14,42-43H,15-16H2,(H,38,44)(H,39,45). The molecule has 268 valence electrons. The maximum Gasteiger partial charge on any atom is 0.412 e. The number of nitro benzene ring substituents is 2. The number of nitro groups is 2. The van der Waals surface area contributed by atoms with Gasteiger partial charge in [-0.05, 0) is 70.8 Å². The van der Waals surface area contributed by atoms with Crippen LogP contribution in [0.1, 0.15) is 22.3 Å². The number of hydrogen-bond donors (Lipinski definition) is 4. The Labute approximate surface area is 281 Å². The van der Waals surface area contributed by atoms with Crippen LogP contribution in [0.4, 0.5) is 58.7 Å². The lowest BCUT2D eigenvalue weighted by atomic mass is 9.72. The van der Waals surface area contributed by atoms with E-state index in [1.54, 1.807) is 0 Å². The van der Waals surface area contributed by atoms with Crippen molar-refractivity contribution in [2.24, 2.45) is 0 Å². The van der Waals surface area contributed by atoms with Crippen molar-refractivity contribution in [1.82, 2.24) is 0 Å². The molecule has 0 aliphatic carbocycles. The summed E-state index contributed by atoms with van der Waals surface area (Å²) in [4.78, 5) is 45.0. The number of carbonyl (C=O) groups is 2. The van der Waals surface area contributed by atoms with Crippen LogP contribution in [0.3, 0.4) is 0 Å². The number of benzene rings is 4. The number of nitrogens with one attached hydrogen (secondary N) is 2. The molecule has 0 fully saturated rings. The first-order valence-electron chi connectivity index (χ1n) is 14.0. The first-order chi connectivity index (χ1) is 23.8. The number of phenolic OH excluding ortho intramolecular Hbond substituents is 2. The molecule has 0 aromatic heterocycles. The third-order valence-electron chi connectivity index (χ3n) is 7.22. The molecule has 0 saturated heterocycles. The van der Waals surface area contributed by atoms with Crippen LogP contribution in [0.15, 0.2) is 84.9 Å². The van der Waals surface area contributed by atoms with Gasteiger partial charge in [0.05, 0.1) is 21.2 Å². The largest absolute Gasteiger partial charge is 0.506 e. The molecule has 20 heteroatoms. The molecular weight excluding hydrogens is 702 g/mol. The highest BCUT2D eigenvalue weighted by Gasteiger charge is 2.72. The SMILES string of the molecule is O=C(Nc1cc(C(c2ccc(O)c(NC(=O)OCc3ccc([N+](=O)[O-])cc3)c2)(C(F)(F)F)C(F)(F)F)ccc1O)OCc1ccc([N+](=O)[O-])cc1. The average Bonchev–Trinajstić information content (AvgIpc) is 3.05. The fourth-order valence-corrected chi connectivity index (χ4v) is 4.74. The molecule has 14 nitrogen and oxygen atoms in total. The van der Waals surface area contributed by atoms with Crippen LogP contribution in [0, 0.1) is 20.2 Å². The van der Waals surface area contributed by atoms with Crippen molar-refractivity contribution in [3.63, 3.8) is 0 Å². The van der Waals surface area contributed by atoms with E-state index in [-0.39, 0.29) is 34.6 Å². The Hall–Kier alpha value is -6.60. The van der Waals surface area contributed by atoms with Crippen molar-refractivity contribution in [3.05, 3.63) is 127 Å². The lowest BCUT2D eigenvalue weighted by molar-refractivity contribution is -0.385. The van der Waals surface area contributed by atoms with Gasteiger partial charge in [-0.2, -0.15) is 26.3 Å². The quantitative estimate of drug-likeness (QED) is 0.0540. The number of ether oxygens (including phenoxy) is 2. The Morgan fingerprint density at radius 1 is 0.608 bits per heavy atom. The van der Waals surface area contributed by atoms with E-state index in [2.05, 4.69) is 0 Å². The molecule has 0 saturated carbocycles. The van der Waals surface area contributed by atoms with Crippen LogP contribution < -0.4 is 10.6 Å². The lowest BCUT2D eigenvalue weighted by Gasteiger charge is -2.38. The minimum atomic E-state index is -6.18. The molecule has 0 radical (unpaired) electrons. The highest BCUT2D eigenvalue weighted by Crippen LogP contribution is 2.57. The molecule has 4 N–H and O–H groups in total. The minimum Gasteiger partial charge on any atom is -0.506 e. The Morgan fingerprint density at radius 2 is 0.941 bits per heavy atom. The van der Waals surface area contributed by atoms with Crippen LogP contribution in [0.5, 0.6) is 11.5 Å². The van der Waals surface area contributed by atoms with Gasteiger partial charge in [-0.15, -0.1) is 0 Å². The van der Waals surface area contributed by atoms with Gasteiger partial charge in [-0.3, -0.25) is 30.9 Å². The highest BCUT2D eigenvalue weighted by molar-refractivity contribution is 5.88. The van der Waals surface area contributed by atoms with Gasteiger partial charge >= 0.3 is 24.5 Å². The number of nitrogens with zero attached hydrogens (tertiary/aromatic N) is 2. The number of hydrogen-bond acceptors (Lipinski definition) is 10. The monoisotopic (exact) mass is 724 g/mol. The van der Waals surface area contributed by atoms with E-state index in [0.29, 0.717) is 24.3 Å². The Balaban J connectivity index is 1.63. The Kier molecular flexibility index (Phi) is 10.6. The second-order valence-electron chi connectivity index (χ2n) is 10.5. The van der Waals surface area contributed by atoms with Gasteiger partial charge in [0.15, 0.2) is 0 Å². The van der Waals surface area contributed by atoms with E-state index < -0.39 is 87.0 Å². The second-order valence-corrected chi connectivity index (χ2v) is 10.5. The maximum absolute atomic E-state index is 14.9. The predicted octanol–water partition coefficient (Wildman–Crippen LogP) is 7.82. The highest BCUT2D eigenvalue weighted by atomic mass is 19.4. The molecule has 0 unspecified atom stereocenters. The number of alkyl halides is 6. The van der Waals surface area contributed by atoms with E-state index in [1.807, 2.05) is 10.6 Å². The van der Waals surface area contributed by atoms with Gasteiger partial charge in [-0.1, -0.05) is 12.1 Å². The van der Waals surface area contributed by atoms with E-state index in [4.69, 9.17) is 9.47 Å². The molecule has 4 rings (SSSR count). The van der Waals surface area contributed by atoms with Crippen LogP contribution >= 0.6 is 0 Å².